The van der Waals surface area contributed by atoms with Crippen LogP contribution in [0.5, 0.6) is 0 Å². The highest BCUT2D eigenvalue weighted by Gasteiger charge is 2.16. The lowest BCUT2D eigenvalue weighted by molar-refractivity contribution is -0.117. The van der Waals surface area contributed by atoms with E-state index in [9.17, 15) is 4.79 Å². The summed E-state index contributed by atoms with van der Waals surface area (Å²) >= 11 is 3.39. The van der Waals surface area contributed by atoms with Crippen molar-refractivity contribution < 1.29 is 4.79 Å². The van der Waals surface area contributed by atoms with E-state index in [-0.39, 0.29) is 23.9 Å². The number of halogens is 2. The van der Waals surface area contributed by atoms with E-state index < -0.39 is 0 Å². The van der Waals surface area contributed by atoms with E-state index in [1.54, 1.807) is 0 Å². The molecule has 0 aliphatic carbocycles. The molecule has 0 aliphatic heterocycles. The number of para-hydroxylation sites is 1. The monoisotopic (exact) mass is 349 g/mol. The van der Waals surface area contributed by atoms with E-state index in [0.717, 1.165) is 10.2 Å². The van der Waals surface area contributed by atoms with Gasteiger partial charge < -0.3 is 11.1 Å². The maximum absolute atomic E-state index is 11.8. The molecule has 0 fully saturated rings. The number of carbonyl (C=O) groups is 1. The lowest BCUT2D eigenvalue weighted by Crippen LogP contribution is -2.45. The van der Waals surface area contributed by atoms with Gasteiger partial charge in [-0.1, -0.05) is 12.1 Å². The number of nitrogens with two attached hydrogens (primary N) is 1. The molecule has 0 unspecified atom stereocenters. The Balaban J connectivity index is 0.00000324. The molecule has 0 aromatic heterocycles. The number of hydrogen-bond donors (Lipinski definition) is 2. The van der Waals surface area contributed by atoms with Gasteiger partial charge in [-0.15, -0.1) is 12.4 Å². The van der Waals surface area contributed by atoms with Crippen molar-refractivity contribution in [3.8, 4) is 0 Å². The molecular formula is C13H21BrClN3O. The van der Waals surface area contributed by atoms with Crippen LogP contribution in [0.2, 0.25) is 0 Å². The summed E-state index contributed by atoms with van der Waals surface area (Å²) in [7, 11) is 1.88. The van der Waals surface area contributed by atoms with E-state index >= 15 is 0 Å². The Morgan fingerprint density at radius 3 is 2.53 bits per heavy atom. The average Bonchev–Trinajstić information content (AvgIpc) is 2.18. The van der Waals surface area contributed by atoms with Gasteiger partial charge in [0.1, 0.15) is 0 Å². The molecule has 108 valence electrons. The Morgan fingerprint density at radius 1 is 1.42 bits per heavy atom. The van der Waals surface area contributed by atoms with E-state index in [0.29, 0.717) is 13.1 Å². The first-order valence-corrected chi connectivity index (χ1v) is 6.59. The zero-order valence-electron chi connectivity index (χ0n) is 11.4. The van der Waals surface area contributed by atoms with Crippen molar-refractivity contribution in [1.29, 1.82) is 0 Å². The van der Waals surface area contributed by atoms with Gasteiger partial charge in [0.05, 0.1) is 12.2 Å². The van der Waals surface area contributed by atoms with E-state index in [4.69, 9.17) is 5.73 Å². The highest BCUT2D eigenvalue weighted by atomic mass is 79.9. The molecule has 1 rings (SSSR count). The van der Waals surface area contributed by atoms with Crippen molar-refractivity contribution >= 4 is 39.9 Å². The normalized spacial score (nSPS) is 11.1. The first kappa shape index (κ1) is 18.4. The molecule has 19 heavy (non-hydrogen) atoms. The summed E-state index contributed by atoms with van der Waals surface area (Å²) in [6.45, 7) is 4.86. The van der Waals surface area contributed by atoms with Crippen LogP contribution in [0.4, 0.5) is 5.69 Å². The molecule has 1 amide bonds. The summed E-state index contributed by atoms with van der Waals surface area (Å²) in [5.41, 5.74) is 6.39. The highest BCUT2D eigenvalue weighted by Crippen LogP contribution is 2.20. The highest BCUT2D eigenvalue weighted by molar-refractivity contribution is 9.10. The number of rotatable bonds is 5. The largest absolute Gasteiger partial charge is 0.324 e. The minimum Gasteiger partial charge on any atom is -0.324 e. The maximum atomic E-state index is 11.8. The van der Waals surface area contributed by atoms with Gasteiger partial charge in [-0.25, -0.2) is 0 Å². The molecule has 0 saturated carbocycles. The van der Waals surface area contributed by atoms with Crippen molar-refractivity contribution in [2.45, 2.75) is 19.4 Å². The molecule has 0 saturated heterocycles. The topological polar surface area (TPSA) is 58.4 Å². The Bertz CT molecular complexity index is 421. The van der Waals surface area contributed by atoms with Gasteiger partial charge in [0, 0.05) is 16.6 Å². The third-order valence-electron chi connectivity index (χ3n) is 2.24. The number of anilines is 1. The Hall–Kier alpha value is -0.620. The first-order valence-electron chi connectivity index (χ1n) is 5.80. The van der Waals surface area contributed by atoms with Crippen molar-refractivity contribution in [3.63, 3.8) is 0 Å². The van der Waals surface area contributed by atoms with E-state index in [2.05, 4.69) is 21.2 Å². The molecule has 0 atom stereocenters. The van der Waals surface area contributed by atoms with Crippen LogP contribution in [0.15, 0.2) is 28.7 Å². The lowest BCUT2D eigenvalue weighted by Gasteiger charge is -2.25. The number of hydrogen-bond acceptors (Lipinski definition) is 3. The summed E-state index contributed by atoms with van der Waals surface area (Å²) in [5.74, 6) is -0.0475. The zero-order chi connectivity index (χ0) is 13.8. The molecule has 4 nitrogen and oxygen atoms in total. The lowest BCUT2D eigenvalue weighted by atomic mass is 10.1. The maximum Gasteiger partial charge on any atom is 0.238 e. The number of nitrogens with zero attached hydrogens (tertiary/aromatic N) is 1. The summed E-state index contributed by atoms with van der Waals surface area (Å²) < 4.78 is 0.875. The minimum absolute atomic E-state index is 0. The van der Waals surface area contributed by atoms with Crippen molar-refractivity contribution in [2.75, 3.05) is 25.5 Å². The molecule has 0 radical (unpaired) electrons. The molecule has 0 bridgehead atoms. The molecule has 1 aromatic rings. The molecule has 0 aliphatic rings. The van der Waals surface area contributed by atoms with Crippen LogP contribution < -0.4 is 11.1 Å². The van der Waals surface area contributed by atoms with Crippen LogP contribution in [-0.4, -0.2) is 36.5 Å². The van der Waals surface area contributed by atoms with E-state index in [1.807, 2.05) is 50.1 Å². The Morgan fingerprint density at radius 2 is 2.00 bits per heavy atom. The van der Waals surface area contributed by atoms with Crippen molar-refractivity contribution in [1.82, 2.24) is 4.90 Å². The molecule has 0 heterocycles. The second kappa shape index (κ2) is 7.85. The quantitative estimate of drug-likeness (QED) is 0.858. The predicted molar refractivity (Wildman–Crippen MR) is 85.8 cm³/mol. The minimum atomic E-state index is -0.303. The molecule has 6 heteroatoms. The fourth-order valence-electron chi connectivity index (χ4n) is 1.75. The Labute approximate surface area is 129 Å². The van der Waals surface area contributed by atoms with Crippen LogP contribution in [-0.2, 0) is 4.79 Å². The first-order chi connectivity index (χ1) is 8.28. The summed E-state index contributed by atoms with van der Waals surface area (Å²) in [6, 6.07) is 7.53. The van der Waals surface area contributed by atoms with Gasteiger partial charge in [0.15, 0.2) is 0 Å². The summed E-state index contributed by atoms with van der Waals surface area (Å²) in [6.07, 6.45) is 0. The summed E-state index contributed by atoms with van der Waals surface area (Å²) in [4.78, 5) is 13.8. The van der Waals surface area contributed by atoms with E-state index in [1.165, 1.54) is 0 Å². The smallest absolute Gasteiger partial charge is 0.238 e. The van der Waals surface area contributed by atoms with Gasteiger partial charge in [-0.2, -0.15) is 0 Å². The van der Waals surface area contributed by atoms with Crippen LogP contribution >= 0.6 is 28.3 Å². The van der Waals surface area contributed by atoms with Gasteiger partial charge in [-0.3, -0.25) is 9.69 Å². The van der Waals surface area contributed by atoms with Crippen LogP contribution in [0.3, 0.4) is 0 Å². The fourth-order valence-corrected chi connectivity index (χ4v) is 2.13. The second-order valence-electron chi connectivity index (χ2n) is 5.19. The molecular weight excluding hydrogens is 330 g/mol. The Kier molecular flexibility index (Phi) is 7.59. The average molecular weight is 351 g/mol. The second-order valence-corrected chi connectivity index (χ2v) is 6.04. The van der Waals surface area contributed by atoms with Crippen LogP contribution in [0, 0.1) is 0 Å². The zero-order valence-corrected chi connectivity index (χ0v) is 13.8. The van der Waals surface area contributed by atoms with Crippen molar-refractivity contribution in [2.24, 2.45) is 5.73 Å². The van der Waals surface area contributed by atoms with Gasteiger partial charge >= 0.3 is 0 Å². The molecule has 3 N–H and O–H groups in total. The van der Waals surface area contributed by atoms with Crippen molar-refractivity contribution in [3.05, 3.63) is 28.7 Å². The third-order valence-corrected chi connectivity index (χ3v) is 2.93. The van der Waals surface area contributed by atoms with Crippen LogP contribution in [0.25, 0.3) is 0 Å². The van der Waals surface area contributed by atoms with Crippen LogP contribution in [0.1, 0.15) is 13.8 Å². The SMILES string of the molecule is CN(CC(=O)Nc1ccccc1Br)CC(C)(C)N.Cl. The molecule has 0 spiro atoms. The summed E-state index contributed by atoms with van der Waals surface area (Å²) in [5, 5.41) is 2.86. The number of benzene rings is 1. The number of carbonyl (C=O) groups excluding carboxylic acids is 1. The van der Waals surface area contributed by atoms with Gasteiger partial charge in [-0.05, 0) is 49.0 Å². The third kappa shape index (κ3) is 7.52. The fraction of sp³-hybridized carbons (Fsp3) is 0.462. The van der Waals surface area contributed by atoms with Gasteiger partial charge in [0.25, 0.3) is 0 Å². The number of likely N-dealkylation sites (N-methyl/N-ethyl adjacent to an activating group) is 1. The number of amides is 1. The predicted octanol–water partition coefficient (Wildman–Crippen LogP) is 2.48. The van der Waals surface area contributed by atoms with Gasteiger partial charge in [0.2, 0.25) is 5.91 Å². The standard InChI is InChI=1S/C13H20BrN3O.ClH/c1-13(2,15)9-17(3)8-12(18)16-11-7-5-4-6-10(11)14;/h4-7H,8-9,15H2,1-3H3,(H,16,18);1H. The number of nitrogens with one attached hydrogen (secondary N) is 1. The molecule has 1 aromatic carbocycles.